The van der Waals surface area contributed by atoms with E-state index in [-0.39, 0.29) is 18.0 Å². The lowest BCUT2D eigenvalue weighted by Crippen LogP contribution is -2.39. The van der Waals surface area contributed by atoms with Gasteiger partial charge in [0.15, 0.2) is 5.13 Å². The number of thiazole rings is 1. The van der Waals surface area contributed by atoms with Crippen LogP contribution in [-0.2, 0) is 4.79 Å². The average molecular weight is 380 g/mol. The van der Waals surface area contributed by atoms with Crippen LogP contribution in [0.5, 0.6) is 0 Å². The van der Waals surface area contributed by atoms with Crippen molar-refractivity contribution >= 4 is 44.3 Å². The van der Waals surface area contributed by atoms with E-state index < -0.39 is 0 Å². The summed E-state index contributed by atoms with van der Waals surface area (Å²) in [6.07, 6.45) is 0.292. The second-order valence-electron chi connectivity index (χ2n) is 6.78. The lowest BCUT2D eigenvalue weighted by atomic mass is 10.2. The van der Waals surface area contributed by atoms with Crippen molar-refractivity contribution in [3.05, 3.63) is 53.6 Å². The van der Waals surface area contributed by atoms with E-state index in [2.05, 4.69) is 15.6 Å². The highest BCUT2D eigenvalue weighted by molar-refractivity contribution is 7.22. The van der Waals surface area contributed by atoms with E-state index in [1.807, 2.05) is 56.3 Å². The molecule has 1 aliphatic rings. The van der Waals surface area contributed by atoms with Gasteiger partial charge < -0.3 is 10.2 Å². The molecule has 2 N–H and O–H groups in total. The maximum atomic E-state index is 12.3. The van der Waals surface area contributed by atoms with Gasteiger partial charge in [-0.2, -0.15) is 0 Å². The van der Waals surface area contributed by atoms with E-state index >= 15 is 0 Å². The van der Waals surface area contributed by atoms with E-state index in [9.17, 15) is 9.59 Å². The van der Waals surface area contributed by atoms with Gasteiger partial charge in [-0.3, -0.25) is 10.1 Å². The summed E-state index contributed by atoms with van der Waals surface area (Å²) >= 11 is 1.44. The van der Waals surface area contributed by atoms with E-state index in [0.717, 1.165) is 27.0 Å². The summed E-state index contributed by atoms with van der Waals surface area (Å²) in [6, 6.07) is 13.2. The first-order chi connectivity index (χ1) is 13.0. The molecule has 1 aromatic heterocycles. The average Bonchev–Trinajstić information content (AvgIpc) is 3.19. The second kappa shape index (κ2) is 7.00. The van der Waals surface area contributed by atoms with Gasteiger partial charge >= 0.3 is 6.03 Å². The number of nitrogens with one attached hydrogen (secondary N) is 2. The molecule has 0 bridgehead atoms. The zero-order valence-corrected chi connectivity index (χ0v) is 16.0. The van der Waals surface area contributed by atoms with Crippen molar-refractivity contribution in [3.63, 3.8) is 0 Å². The van der Waals surface area contributed by atoms with Gasteiger partial charge in [-0.25, -0.2) is 9.78 Å². The molecule has 0 spiro atoms. The van der Waals surface area contributed by atoms with Crippen LogP contribution in [0, 0.1) is 13.8 Å². The molecule has 0 aliphatic carbocycles. The molecule has 1 atom stereocenters. The Morgan fingerprint density at radius 1 is 1.19 bits per heavy atom. The number of aromatic nitrogens is 1. The topological polar surface area (TPSA) is 74.3 Å². The van der Waals surface area contributed by atoms with Crippen molar-refractivity contribution in [2.24, 2.45) is 0 Å². The minimum absolute atomic E-state index is 0.0137. The summed E-state index contributed by atoms with van der Waals surface area (Å²) in [4.78, 5) is 30.8. The molecule has 1 saturated heterocycles. The largest absolute Gasteiger partial charge is 0.333 e. The van der Waals surface area contributed by atoms with Crippen LogP contribution in [0.1, 0.15) is 17.5 Å². The van der Waals surface area contributed by atoms with Crippen molar-refractivity contribution in [1.29, 1.82) is 0 Å². The lowest BCUT2D eigenvalue weighted by Gasteiger charge is -2.17. The number of aryl methyl sites for hydroxylation is 2. The van der Waals surface area contributed by atoms with Crippen LogP contribution in [0.15, 0.2) is 42.5 Å². The Hall–Kier alpha value is -2.93. The highest BCUT2D eigenvalue weighted by Gasteiger charge is 2.31. The molecule has 138 valence electrons. The Labute approximate surface area is 161 Å². The van der Waals surface area contributed by atoms with E-state index in [0.29, 0.717) is 18.1 Å². The van der Waals surface area contributed by atoms with Crippen LogP contribution in [0.25, 0.3) is 10.2 Å². The third kappa shape index (κ3) is 3.64. The van der Waals surface area contributed by atoms with Gasteiger partial charge in [-0.1, -0.05) is 41.2 Å². The molecule has 0 radical (unpaired) electrons. The molecule has 2 aromatic carbocycles. The first-order valence-corrected chi connectivity index (χ1v) is 9.62. The van der Waals surface area contributed by atoms with Crippen LogP contribution in [0.2, 0.25) is 0 Å². The van der Waals surface area contributed by atoms with Crippen molar-refractivity contribution in [2.75, 3.05) is 16.8 Å². The van der Waals surface area contributed by atoms with Crippen LogP contribution >= 0.6 is 11.3 Å². The number of rotatable bonds is 3. The first-order valence-electron chi connectivity index (χ1n) is 8.80. The number of nitrogens with zero attached hydrogens (tertiary/aromatic N) is 2. The van der Waals surface area contributed by atoms with Gasteiger partial charge in [-0.15, -0.1) is 0 Å². The molecule has 7 heteroatoms. The summed E-state index contributed by atoms with van der Waals surface area (Å²) in [7, 11) is 0. The Morgan fingerprint density at radius 3 is 2.70 bits per heavy atom. The quantitative estimate of drug-likeness (QED) is 0.725. The van der Waals surface area contributed by atoms with Gasteiger partial charge in [0.1, 0.15) is 0 Å². The van der Waals surface area contributed by atoms with Gasteiger partial charge in [0.2, 0.25) is 5.91 Å². The predicted octanol–water partition coefficient (Wildman–Crippen LogP) is 3.84. The standard InChI is InChI=1S/C20H20N4O2S/c1-12-6-8-15(9-7-12)24-11-14(10-17(24)25)21-19(26)23-20-22-18-13(2)4-3-5-16(18)27-20/h3-9,14H,10-11H2,1-2H3,(H2,21,22,23,26)/t14-/m0/s1. The predicted molar refractivity (Wildman–Crippen MR) is 108 cm³/mol. The summed E-state index contributed by atoms with van der Waals surface area (Å²) in [5.74, 6) is 0.0137. The maximum absolute atomic E-state index is 12.3. The van der Waals surface area contributed by atoms with Crippen LogP contribution < -0.4 is 15.5 Å². The molecule has 1 aliphatic heterocycles. The van der Waals surface area contributed by atoms with Crippen molar-refractivity contribution < 1.29 is 9.59 Å². The maximum Gasteiger partial charge on any atom is 0.321 e. The number of fused-ring (bicyclic) bond motifs is 1. The number of amides is 3. The molecule has 27 heavy (non-hydrogen) atoms. The zero-order valence-electron chi connectivity index (χ0n) is 15.2. The number of carbonyl (C=O) groups is 2. The summed E-state index contributed by atoms with van der Waals surface area (Å²) in [5, 5.41) is 6.22. The minimum Gasteiger partial charge on any atom is -0.333 e. The highest BCUT2D eigenvalue weighted by atomic mass is 32.1. The van der Waals surface area contributed by atoms with Crippen molar-refractivity contribution in [1.82, 2.24) is 10.3 Å². The number of anilines is 2. The molecule has 0 saturated carbocycles. The normalized spacial score (nSPS) is 16.7. The van der Waals surface area contributed by atoms with Crippen LogP contribution in [0.4, 0.5) is 15.6 Å². The third-order valence-electron chi connectivity index (χ3n) is 4.65. The number of carbonyl (C=O) groups excluding carboxylic acids is 2. The Kier molecular flexibility index (Phi) is 4.53. The number of hydrogen-bond donors (Lipinski definition) is 2. The number of para-hydroxylation sites is 1. The van der Waals surface area contributed by atoms with E-state index in [4.69, 9.17) is 0 Å². The minimum atomic E-state index is -0.338. The summed E-state index contributed by atoms with van der Waals surface area (Å²) in [5.41, 5.74) is 3.98. The highest BCUT2D eigenvalue weighted by Crippen LogP contribution is 2.28. The van der Waals surface area contributed by atoms with Gasteiger partial charge in [0, 0.05) is 18.7 Å². The van der Waals surface area contributed by atoms with Crippen molar-refractivity contribution in [3.8, 4) is 0 Å². The number of benzene rings is 2. The number of hydrogen-bond acceptors (Lipinski definition) is 4. The Morgan fingerprint density at radius 2 is 1.96 bits per heavy atom. The smallest absolute Gasteiger partial charge is 0.321 e. The van der Waals surface area contributed by atoms with Crippen LogP contribution in [0.3, 0.4) is 0 Å². The fraction of sp³-hybridized carbons (Fsp3) is 0.250. The molecule has 4 rings (SSSR count). The zero-order chi connectivity index (χ0) is 19.0. The van der Waals surface area contributed by atoms with Gasteiger partial charge in [-0.05, 0) is 37.6 Å². The fourth-order valence-corrected chi connectivity index (χ4v) is 4.18. The van der Waals surface area contributed by atoms with Crippen LogP contribution in [-0.4, -0.2) is 29.5 Å². The summed E-state index contributed by atoms with van der Waals surface area (Å²) < 4.78 is 1.03. The molecule has 0 unspecified atom stereocenters. The molecule has 3 amide bonds. The van der Waals surface area contributed by atoms with E-state index in [1.54, 1.807) is 4.90 Å². The first kappa shape index (κ1) is 17.5. The molecule has 3 aromatic rings. The molecule has 2 heterocycles. The Bertz CT molecular complexity index is 1010. The van der Waals surface area contributed by atoms with Crippen molar-refractivity contribution in [2.45, 2.75) is 26.3 Å². The van der Waals surface area contributed by atoms with Gasteiger partial charge in [0.25, 0.3) is 0 Å². The summed E-state index contributed by atoms with van der Waals surface area (Å²) in [6.45, 7) is 4.47. The lowest BCUT2D eigenvalue weighted by molar-refractivity contribution is -0.117. The molecule has 6 nitrogen and oxygen atoms in total. The molecular weight excluding hydrogens is 360 g/mol. The number of urea groups is 1. The SMILES string of the molecule is Cc1ccc(N2C[C@@H](NC(=O)Nc3nc4c(C)cccc4s3)CC2=O)cc1. The van der Waals surface area contributed by atoms with Gasteiger partial charge in [0.05, 0.1) is 16.3 Å². The Balaban J connectivity index is 1.40. The molecule has 1 fully saturated rings. The monoisotopic (exact) mass is 380 g/mol. The fourth-order valence-electron chi connectivity index (χ4n) is 3.24. The van der Waals surface area contributed by atoms with E-state index in [1.165, 1.54) is 11.3 Å². The second-order valence-corrected chi connectivity index (χ2v) is 7.81. The molecular formula is C20H20N4O2S. The third-order valence-corrected chi connectivity index (χ3v) is 5.58.